The van der Waals surface area contributed by atoms with Gasteiger partial charge in [0.25, 0.3) is 5.03 Å². The summed E-state index contributed by atoms with van der Waals surface area (Å²) in [5, 5.41) is -0.449. The Labute approximate surface area is 94.8 Å². The largest absolute Gasteiger partial charge is 0.392 e. The van der Waals surface area contributed by atoms with Gasteiger partial charge in [-0.1, -0.05) is 6.07 Å². The van der Waals surface area contributed by atoms with Crippen molar-refractivity contribution in [1.29, 1.82) is 0 Å². The summed E-state index contributed by atoms with van der Waals surface area (Å²) in [5.41, 5.74) is 0. The quantitative estimate of drug-likeness (QED) is 0.740. The monoisotopic (exact) mass is 237 g/mol. The number of hydrogen-bond donors (Lipinski definition) is 0. The minimum Gasteiger partial charge on any atom is -0.392 e. The number of rotatable bonds is 3. The summed E-state index contributed by atoms with van der Waals surface area (Å²) in [6, 6.07) is 4.55. The van der Waals surface area contributed by atoms with Crippen LogP contribution in [0.5, 0.6) is 0 Å². The van der Waals surface area contributed by atoms with Crippen molar-refractivity contribution in [2.24, 2.45) is 0 Å². The standard InChI is InChI=1S/C10H11N3O2S/c1-11-10(8-13(2)3)16(14,15)9-6-4-5-7-12-9/h4-8H,2-3H3/b10-8+. The van der Waals surface area contributed by atoms with Crippen molar-refractivity contribution < 1.29 is 8.42 Å². The molecule has 1 heterocycles. The maximum absolute atomic E-state index is 11.9. The van der Waals surface area contributed by atoms with Gasteiger partial charge in [0.05, 0.1) is 6.57 Å². The summed E-state index contributed by atoms with van der Waals surface area (Å²) >= 11 is 0. The van der Waals surface area contributed by atoms with Crippen molar-refractivity contribution >= 4 is 9.84 Å². The molecule has 0 amide bonds. The Morgan fingerprint density at radius 3 is 2.62 bits per heavy atom. The molecule has 0 aliphatic heterocycles. The number of aromatic nitrogens is 1. The van der Waals surface area contributed by atoms with Crippen molar-refractivity contribution in [2.75, 3.05) is 14.1 Å². The number of pyridine rings is 1. The van der Waals surface area contributed by atoms with Gasteiger partial charge >= 0.3 is 0 Å². The van der Waals surface area contributed by atoms with E-state index in [0.717, 1.165) is 0 Å². The van der Waals surface area contributed by atoms with Gasteiger partial charge < -0.3 is 4.90 Å². The lowest BCUT2D eigenvalue weighted by molar-refractivity contribution is 0.558. The Morgan fingerprint density at radius 1 is 1.50 bits per heavy atom. The Balaban J connectivity index is 3.28. The highest BCUT2D eigenvalue weighted by atomic mass is 32.2. The minimum absolute atomic E-state index is 0.112. The van der Waals surface area contributed by atoms with Crippen LogP contribution < -0.4 is 0 Å². The highest BCUT2D eigenvalue weighted by molar-refractivity contribution is 7.95. The third kappa shape index (κ3) is 2.58. The Bertz CT molecular complexity index is 527. The van der Waals surface area contributed by atoms with Crippen molar-refractivity contribution in [3.05, 3.63) is 47.0 Å². The normalized spacial score (nSPS) is 11.9. The third-order valence-corrected chi connectivity index (χ3v) is 3.21. The maximum atomic E-state index is 11.9. The molecule has 0 radical (unpaired) electrons. The van der Waals surface area contributed by atoms with Crippen molar-refractivity contribution in [1.82, 2.24) is 9.88 Å². The predicted molar refractivity (Wildman–Crippen MR) is 59.8 cm³/mol. The van der Waals surface area contributed by atoms with Gasteiger partial charge in [0.15, 0.2) is 0 Å². The second-order valence-electron chi connectivity index (χ2n) is 3.21. The van der Waals surface area contributed by atoms with Crippen LogP contribution in [0, 0.1) is 6.57 Å². The van der Waals surface area contributed by atoms with E-state index in [9.17, 15) is 8.42 Å². The zero-order valence-electron chi connectivity index (χ0n) is 8.95. The fraction of sp³-hybridized carbons (Fsp3) is 0.200. The molecule has 0 aromatic carbocycles. The molecule has 0 unspecified atom stereocenters. The van der Waals surface area contributed by atoms with Gasteiger partial charge in [0.1, 0.15) is 5.03 Å². The summed E-state index contributed by atoms with van der Waals surface area (Å²) in [7, 11) is -0.488. The Morgan fingerprint density at radius 2 is 2.19 bits per heavy atom. The summed E-state index contributed by atoms with van der Waals surface area (Å²) in [6.45, 7) is 6.88. The second kappa shape index (κ2) is 4.77. The molecule has 0 aliphatic carbocycles. The van der Waals surface area contributed by atoms with Crippen LogP contribution in [-0.2, 0) is 9.84 Å². The van der Waals surface area contributed by atoms with Crippen LogP contribution in [0.3, 0.4) is 0 Å². The highest BCUT2D eigenvalue weighted by Gasteiger charge is 2.22. The van der Waals surface area contributed by atoms with Crippen LogP contribution in [0.25, 0.3) is 4.85 Å². The molecule has 0 aliphatic rings. The smallest absolute Gasteiger partial charge is 0.299 e. The first-order valence-corrected chi connectivity index (χ1v) is 5.88. The van der Waals surface area contributed by atoms with Gasteiger partial charge in [0.2, 0.25) is 9.84 Å². The van der Waals surface area contributed by atoms with Crippen LogP contribution in [0.2, 0.25) is 0 Å². The fourth-order valence-electron chi connectivity index (χ4n) is 0.992. The van der Waals surface area contributed by atoms with Gasteiger partial charge in [-0.2, -0.15) is 0 Å². The fourth-order valence-corrected chi connectivity index (χ4v) is 2.13. The molecule has 1 aromatic heterocycles. The van der Waals surface area contributed by atoms with Crippen LogP contribution in [0.1, 0.15) is 0 Å². The van der Waals surface area contributed by atoms with Gasteiger partial charge in [-0.15, -0.1) is 0 Å². The van der Waals surface area contributed by atoms with Crippen LogP contribution >= 0.6 is 0 Å². The van der Waals surface area contributed by atoms with Crippen LogP contribution in [0.4, 0.5) is 0 Å². The average molecular weight is 237 g/mol. The molecular weight excluding hydrogens is 226 g/mol. The molecule has 0 saturated heterocycles. The van der Waals surface area contributed by atoms with E-state index in [-0.39, 0.29) is 10.1 Å². The van der Waals surface area contributed by atoms with E-state index >= 15 is 0 Å². The zero-order valence-corrected chi connectivity index (χ0v) is 9.77. The average Bonchev–Trinajstić information content (AvgIpc) is 2.26. The number of sulfone groups is 1. The maximum Gasteiger partial charge on any atom is 0.299 e. The molecule has 6 heteroatoms. The second-order valence-corrected chi connectivity index (χ2v) is 5.06. The number of hydrogen-bond acceptors (Lipinski definition) is 4. The SMILES string of the molecule is [C-]#[N+]/C(=C\N(C)C)S(=O)(=O)c1ccccn1. The highest BCUT2D eigenvalue weighted by Crippen LogP contribution is 2.17. The van der Waals surface area contributed by atoms with Gasteiger partial charge in [-0.3, -0.25) is 0 Å². The van der Waals surface area contributed by atoms with E-state index in [4.69, 9.17) is 6.57 Å². The summed E-state index contributed by atoms with van der Waals surface area (Å²) in [6.07, 6.45) is 2.64. The molecule has 1 rings (SSSR count). The topological polar surface area (TPSA) is 54.6 Å². The van der Waals surface area contributed by atoms with E-state index in [1.807, 2.05) is 0 Å². The molecule has 0 N–H and O–H groups in total. The van der Waals surface area contributed by atoms with Gasteiger partial charge in [0, 0.05) is 26.5 Å². The van der Waals surface area contributed by atoms with Gasteiger partial charge in [-0.25, -0.2) is 18.2 Å². The molecule has 1 aromatic rings. The number of nitrogens with zero attached hydrogens (tertiary/aromatic N) is 3. The lowest BCUT2D eigenvalue weighted by Crippen LogP contribution is -2.09. The molecule has 5 nitrogen and oxygen atoms in total. The lowest BCUT2D eigenvalue weighted by atomic mass is 10.5. The van der Waals surface area contributed by atoms with Crippen molar-refractivity contribution in [3.63, 3.8) is 0 Å². The summed E-state index contributed by atoms with van der Waals surface area (Å²) < 4.78 is 23.9. The third-order valence-electron chi connectivity index (χ3n) is 1.67. The Hall–Kier alpha value is -1.87. The molecule has 0 fully saturated rings. The van der Waals surface area contributed by atoms with E-state index in [2.05, 4.69) is 9.83 Å². The van der Waals surface area contributed by atoms with E-state index in [1.165, 1.54) is 23.4 Å². The van der Waals surface area contributed by atoms with E-state index in [1.54, 1.807) is 26.2 Å². The Kier molecular flexibility index (Phi) is 3.64. The van der Waals surface area contributed by atoms with Crippen molar-refractivity contribution in [3.8, 4) is 0 Å². The zero-order chi connectivity index (χ0) is 12.2. The van der Waals surface area contributed by atoms with Crippen molar-refractivity contribution in [2.45, 2.75) is 5.03 Å². The molecule has 16 heavy (non-hydrogen) atoms. The minimum atomic E-state index is -3.79. The van der Waals surface area contributed by atoms with E-state index < -0.39 is 9.84 Å². The molecule has 0 saturated carbocycles. The lowest BCUT2D eigenvalue weighted by Gasteiger charge is -2.06. The molecular formula is C10H11N3O2S. The molecule has 84 valence electrons. The predicted octanol–water partition coefficient (Wildman–Crippen LogP) is 1.14. The van der Waals surface area contributed by atoms with E-state index in [0.29, 0.717) is 0 Å². The van der Waals surface area contributed by atoms with Crippen LogP contribution in [0.15, 0.2) is 40.7 Å². The van der Waals surface area contributed by atoms with Crippen LogP contribution in [-0.4, -0.2) is 32.4 Å². The molecule has 0 bridgehead atoms. The first-order valence-electron chi connectivity index (χ1n) is 4.40. The summed E-state index contributed by atoms with van der Waals surface area (Å²) in [4.78, 5) is 8.26. The molecule has 0 spiro atoms. The first-order chi connectivity index (χ1) is 7.48. The first kappa shape index (κ1) is 12.2. The summed E-state index contributed by atoms with van der Waals surface area (Å²) in [5.74, 6) is 0. The van der Waals surface area contributed by atoms with Gasteiger partial charge in [-0.05, 0) is 12.1 Å². The molecule has 0 atom stereocenters.